The number of methoxy groups -OCH3 is 2. The lowest BCUT2D eigenvalue weighted by atomic mass is 10.1. The molecule has 0 heterocycles. The van der Waals surface area contributed by atoms with Crippen LogP contribution in [0.1, 0.15) is 15.9 Å². The van der Waals surface area contributed by atoms with E-state index in [0.29, 0.717) is 17.1 Å². The maximum atomic E-state index is 12.3. The maximum absolute atomic E-state index is 12.3. The van der Waals surface area contributed by atoms with Crippen molar-refractivity contribution in [2.45, 2.75) is 6.18 Å². The molecule has 9 heteroatoms. The molecule has 0 saturated carbocycles. The standard InChI is InChI=1S/C20H19F3N2O4/c1-28-14-8-9-17(29-2)13(11-14)7-10-18(26)25-16-6-4-3-5-15(16)19(27)24-12-20(21,22)23/h3-11H,12H2,1-2H3,(H,24,27)(H,25,26)/b10-7+. The van der Waals surface area contributed by atoms with Crippen LogP contribution in [0.4, 0.5) is 18.9 Å². The van der Waals surface area contributed by atoms with Crippen molar-refractivity contribution < 1.29 is 32.2 Å². The summed E-state index contributed by atoms with van der Waals surface area (Å²) < 4.78 is 47.3. The molecule has 0 unspecified atom stereocenters. The van der Waals surface area contributed by atoms with E-state index in [1.807, 2.05) is 0 Å². The van der Waals surface area contributed by atoms with E-state index in [-0.39, 0.29) is 11.3 Å². The van der Waals surface area contributed by atoms with Gasteiger partial charge in [0.05, 0.1) is 25.5 Å². The molecular weight excluding hydrogens is 389 g/mol. The summed E-state index contributed by atoms with van der Waals surface area (Å²) in [5, 5.41) is 4.26. The molecule has 0 bridgehead atoms. The highest BCUT2D eigenvalue weighted by Crippen LogP contribution is 2.25. The Bertz CT molecular complexity index is 911. The van der Waals surface area contributed by atoms with Crippen LogP contribution in [0, 0.1) is 0 Å². The molecule has 0 atom stereocenters. The van der Waals surface area contributed by atoms with Crippen LogP contribution in [0.25, 0.3) is 6.08 Å². The lowest BCUT2D eigenvalue weighted by molar-refractivity contribution is -0.123. The van der Waals surface area contributed by atoms with Gasteiger partial charge in [0.2, 0.25) is 5.91 Å². The van der Waals surface area contributed by atoms with E-state index < -0.39 is 24.5 Å². The van der Waals surface area contributed by atoms with Gasteiger partial charge in [0.15, 0.2) is 0 Å². The van der Waals surface area contributed by atoms with Gasteiger partial charge in [-0.3, -0.25) is 9.59 Å². The van der Waals surface area contributed by atoms with Gasteiger partial charge in [0, 0.05) is 11.6 Å². The van der Waals surface area contributed by atoms with Crippen molar-refractivity contribution in [3.05, 3.63) is 59.7 Å². The number of carbonyl (C=O) groups excluding carboxylic acids is 2. The normalized spacial score (nSPS) is 11.2. The third kappa shape index (κ3) is 6.56. The average Bonchev–Trinajstić information content (AvgIpc) is 2.70. The van der Waals surface area contributed by atoms with Crippen LogP contribution in [0.3, 0.4) is 0 Å². The second kappa shape index (κ2) is 9.63. The summed E-state index contributed by atoms with van der Waals surface area (Å²) in [4.78, 5) is 24.3. The first-order chi connectivity index (χ1) is 13.7. The highest BCUT2D eigenvalue weighted by molar-refractivity contribution is 6.07. The van der Waals surface area contributed by atoms with Crippen molar-refractivity contribution in [2.75, 3.05) is 26.1 Å². The van der Waals surface area contributed by atoms with E-state index in [4.69, 9.17) is 9.47 Å². The third-order valence-electron chi connectivity index (χ3n) is 3.73. The van der Waals surface area contributed by atoms with Gasteiger partial charge in [-0.25, -0.2) is 0 Å². The zero-order chi connectivity index (χ0) is 21.4. The monoisotopic (exact) mass is 408 g/mol. The molecule has 0 aliphatic heterocycles. The predicted octanol–water partition coefficient (Wildman–Crippen LogP) is 3.65. The fourth-order valence-corrected chi connectivity index (χ4v) is 2.38. The van der Waals surface area contributed by atoms with Gasteiger partial charge < -0.3 is 20.1 Å². The molecular formula is C20H19F3N2O4. The maximum Gasteiger partial charge on any atom is 0.405 e. The smallest absolute Gasteiger partial charge is 0.405 e. The Kier molecular flexibility index (Phi) is 7.24. The van der Waals surface area contributed by atoms with Crippen LogP contribution >= 0.6 is 0 Å². The number of amides is 2. The molecule has 2 N–H and O–H groups in total. The molecule has 0 aromatic heterocycles. The molecule has 2 rings (SSSR count). The Morgan fingerprint density at radius 2 is 1.79 bits per heavy atom. The average molecular weight is 408 g/mol. The van der Waals surface area contributed by atoms with E-state index in [2.05, 4.69) is 5.32 Å². The van der Waals surface area contributed by atoms with Gasteiger partial charge in [-0.2, -0.15) is 13.2 Å². The number of hydrogen-bond donors (Lipinski definition) is 2. The number of halogens is 3. The lowest BCUT2D eigenvalue weighted by Gasteiger charge is -2.12. The SMILES string of the molecule is COc1ccc(OC)c(/C=C/C(=O)Nc2ccccc2C(=O)NCC(F)(F)F)c1. The van der Waals surface area contributed by atoms with E-state index >= 15 is 0 Å². The molecule has 0 spiro atoms. The molecule has 2 amide bonds. The van der Waals surface area contributed by atoms with E-state index in [1.165, 1.54) is 44.6 Å². The number of benzene rings is 2. The van der Waals surface area contributed by atoms with Crippen LogP contribution in [-0.2, 0) is 4.79 Å². The molecule has 154 valence electrons. The molecule has 0 saturated heterocycles. The Balaban J connectivity index is 2.14. The number of hydrogen-bond acceptors (Lipinski definition) is 4. The summed E-state index contributed by atoms with van der Waals surface area (Å²) in [6, 6.07) is 10.8. The van der Waals surface area contributed by atoms with Gasteiger partial charge in [-0.1, -0.05) is 12.1 Å². The van der Waals surface area contributed by atoms with Gasteiger partial charge >= 0.3 is 6.18 Å². The topological polar surface area (TPSA) is 76.7 Å². The molecule has 6 nitrogen and oxygen atoms in total. The second-order valence-electron chi connectivity index (χ2n) is 5.77. The van der Waals surface area contributed by atoms with Crippen molar-refractivity contribution in [1.82, 2.24) is 5.32 Å². The Labute approximate surface area is 165 Å². The molecule has 0 aliphatic rings. The molecule has 2 aromatic rings. The van der Waals surface area contributed by atoms with E-state index in [1.54, 1.807) is 29.6 Å². The number of anilines is 1. The fourth-order valence-electron chi connectivity index (χ4n) is 2.38. The quantitative estimate of drug-likeness (QED) is 0.686. The fraction of sp³-hybridized carbons (Fsp3) is 0.200. The van der Waals surface area contributed by atoms with Crippen LogP contribution < -0.4 is 20.1 Å². The van der Waals surface area contributed by atoms with Crippen molar-refractivity contribution in [3.63, 3.8) is 0 Å². The van der Waals surface area contributed by atoms with Crippen LogP contribution in [-0.4, -0.2) is 38.8 Å². The van der Waals surface area contributed by atoms with Crippen LogP contribution in [0.5, 0.6) is 11.5 Å². The molecule has 29 heavy (non-hydrogen) atoms. The van der Waals surface area contributed by atoms with E-state index in [9.17, 15) is 22.8 Å². The van der Waals surface area contributed by atoms with Crippen LogP contribution in [0.15, 0.2) is 48.5 Å². The molecule has 2 aromatic carbocycles. The summed E-state index contributed by atoms with van der Waals surface area (Å²) in [7, 11) is 2.98. The third-order valence-corrected chi connectivity index (χ3v) is 3.73. The Morgan fingerprint density at radius 1 is 1.07 bits per heavy atom. The summed E-state index contributed by atoms with van der Waals surface area (Å²) in [6.07, 6.45) is -1.84. The summed E-state index contributed by atoms with van der Waals surface area (Å²) in [5.41, 5.74) is 0.579. The Hall–Kier alpha value is -3.49. The first-order valence-corrected chi connectivity index (χ1v) is 8.38. The highest BCUT2D eigenvalue weighted by atomic mass is 19.4. The summed E-state index contributed by atoms with van der Waals surface area (Å²) >= 11 is 0. The van der Waals surface area contributed by atoms with Crippen molar-refractivity contribution in [1.29, 1.82) is 0 Å². The summed E-state index contributed by atoms with van der Waals surface area (Å²) in [5.74, 6) is -0.443. The minimum Gasteiger partial charge on any atom is -0.497 e. The highest BCUT2D eigenvalue weighted by Gasteiger charge is 2.28. The van der Waals surface area contributed by atoms with Crippen LogP contribution in [0.2, 0.25) is 0 Å². The second-order valence-corrected chi connectivity index (χ2v) is 5.77. The van der Waals surface area contributed by atoms with Crippen molar-refractivity contribution >= 4 is 23.6 Å². The zero-order valence-corrected chi connectivity index (χ0v) is 15.7. The predicted molar refractivity (Wildman–Crippen MR) is 102 cm³/mol. The lowest BCUT2D eigenvalue weighted by Crippen LogP contribution is -2.34. The van der Waals surface area contributed by atoms with Crippen molar-refractivity contribution in [3.8, 4) is 11.5 Å². The van der Waals surface area contributed by atoms with Gasteiger partial charge in [-0.05, 0) is 36.4 Å². The largest absolute Gasteiger partial charge is 0.497 e. The number of alkyl halides is 3. The first-order valence-electron chi connectivity index (χ1n) is 8.38. The number of ether oxygens (including phenoxy) is 2. The van der Waals surface area contributed by atoms with Crippen molar-refractivity contribution in [2.24, 2.45) is 0 Å². The van der Waals surface area contributed by atoms with E-state index in [0.717, 1.165) is 0 Å². The Morgan fingerprint density at radius 3 is 2.45 bits per heavy atom. The minimum atomic E-state index is -4.54. The van der Waals surface area contributed by atoms with Gasteiger partial charge in [0.1, 0.15) is 18.0 Å². The number of nitrogens with one attached hydrogen (secondary N) is 2. The number of carbonyl (C=O) groups is 2. The zero-order valence-electron chi connectivity index (χ0n) is 15.7. The minimum absolute atomic E-state index is 0.0828. The molecule has 0 radical (unpaired) electrons. The number of rotatable bonds is 7. The first kappa shape index (κ1) is 21.8. The number of para-hydroxylation sites is 1. The van der Waals surface area contributed by atoms with Gasteiger partial charge in [-0.15, -0.1) is 0 Å². The molecule has 0 aliphatic carbocycles. The summed E-state index contributed by atoms with van der Waals surface area (Å²) in [6.45, 7) is -1.47. The van der Waals surface area contributed by atoms with Gasteiger partial charge in [0.25, 0.3) is 5.91 Å². The molecule has 0 fully saturated rings.